The molecule has 31 heavy (non-hydrogen) atoms. The normalized spacial score (nSPS) is 13.6. The van der Waals surface area contributed by atoms with E-state index in [4.69, 9.17) is 4.74 Å². The molecule has 3 aromatic carbocycles. The van der Waals surface area contributed by atoms with Crippen molar-refractivity contribution in [1.29, 1.82) is 0 Å². The summed E-state index contributed by atoms with van der Waals surface area (Å²) in [6.07, 6.45) is 0. The van der Waals surface area contributed by atoms with Gasteiger partial charge < -0.3 is 19.9 Å². The van der Waals surface area contributed by atoms with Gasteiger partial charge in [-0.1, -0.05) is 30.3 Å². The number of carbonyl (C=O) groups excluding carboxylic acids is 2. The minimum Gasteiger partial charge on any atom is -0.457 e. The van der Waals surface area contributed by atoms with Crippen molar-refractivity contribution in [3.63, 3.8) is 0 Å². The van der Waals surface area contributed by atoms with Gasteiger partial charge in [0.15, 0.2) is 0 Å². The van der Waals surface area contributed by atoms with Crippen molar-refractivity contribution in [2.45, 2.75) is 6.92 Å². The van der Waals surface area contributed by atoms with E-state index >= 15 is 0 Å². The van der Waals surface area contributed by atoms with E-state index in [1.165, 1.54) is 0 Å². The first kappa shape index (κ1) is 20.5. The number of para-hydroxylation sites is 1. The number of hydrogen-bond acceptors (Lipinski definition) is 3. The fraction of sp³-hybridized carbons (Fsp3) is 0.200. The Morgan fingerprint density at radius 1 is 0.774 bits per heavy atom. The highest BCUT2D eigenvalue weighted by molar-refractivity contribution is 5.95. The Hall–Kier alpha value is -3.80. The van der Waals surface area contributed by atoms with Gasteiger partial charge in [-0.25, -0.2) is 4.79 Å². The SMILES string of the molecule is Cc1cccc(NC(=O)N2CCN(C(=O)c3ccc(Oc4ccccc4)cc3)CC2)c1. The molecule has 0 radical (unpaired) electrons. The van der Waals surface area contributed by atoms with E-state index in [9.17, 15) is 9.59 Å². The largest absolute Gasteiger partial charge is 0.457 e. The van der Waals surface area contributed by atoms with E-state index < -0.39 is 0 Å². The van der Waals surface area contributed by atoms with E-state index in [1.54, 1.807) is 34.1 Å². The molecule has 6 nitrogen and oxygen atoms in total. The van der Waals surface area contributed by atoms with Crippen LogP contribution in [0.4, 0.5) is 10.5 Å². The lowest BCUT2D eigenvalue weighted by atomic mass is 10.1. The second-order valence-electron chi connectivity index (χ2n) is 7.52. The minimum atomic E-state index is -0.139. The monoisotopic (exact) mass is 415 g/mol. The molecule has 1 fully saturated rings. The van der Waals surface area contributed by atoms with Crippen LogP contribution in [0.5, 0.6) is 11.5 Å². The van der Waals surface area contributed by atoms with E-state index in [1.807, 2.05) is 61.5 Å². The molecule has 1 aliphatic rings. The molecular weight excluding hydrogens is 390 g/mol. The van der Waals surface area contributed by atoms with Gasteiger partial charge in [0.05, 0.1) is 0 Å². The summed E-state index contributed by atoms with van der Waals surface area (Å²) in [7, 11) is 0. The Morgan fingerprint density at radius 3 is 2.10 bits per heavy atom. The van der Waals surface area contributed by atoms with Crippen LogP contribution in [0, 0.1) is 6.92 Å². The van der Waals surface area contributed by atoms with Crippen molar-refractivity contribution >= 4 is 17.6 Å². The molecule has 1 aliphatic heterocycles. The maximum Gasteiger partial charge on any atom is 0.321 e. The predicted molar refractivity (Wildman–Crippen MR) is 121 cm³/mol. The lowest BCUT2D eigenvalue weighted by molar-refractivity contribution is 0.0671. The van der Waals surface area contributed by atoms with Crippen LogP contribution >= 0.6 is 0 Å². The van der Waals surface area contributed by atoms with Crippen LogP contribution in [0.3, 0.4) is 0 Å². The molecule has 0 bridgehead atoms. The first-order valence-electron chi connectivity index (χ1n) is 10.3. The molecule has 6 heteroatoms. The number of rotatable bonds is 4. The number of aryl methyl sites for hydroxylation is 1. The first-order valence-corrected chi connectivity index (χ1v) is 10.3. The number of piperazine rings is 1. The molecule has 4 rings (SSSR count). The van der Waals surface area contributed by atoms with Gasteiger partial charge in [0, 0.05) is 37.4 Å². The number of amides is 3. The Labute approximate surface area is 182 Å². The third kappa shape index (κ3) is 5.22. The van der Waals surface area contributed by atoms with Crippen molar-refractivity contribution in [3.8, 4) is 11.5 Å². The average molecular weight is 415 g/mol. The smallest absolute Gasteiger partial charge is 0.321 e. The van der Waals surface area contributed by atoms with Crippen molar-refractivity contribution in [2.24, 2.45) is 0 Å². The Kier molecular flexibility index (Phi) is 6.17. The third-order valence-corrected chi connectivity index (χ3v) is 5.20. The number of carbonyl (C=O) groups is 2. The molecular formula is C25H25N3O3. The minimum absolute atomic E-state index is 0.0370. The quantitative estimate of drug-likeness (QED) is 0.667. The van der Waals surface area contributed by atoms with Crippen LogP contribution in [0.2, 0.25) is 0 Å². The summed E-state index contributed by atoms with van der Waals surface area (Å²) >= 11 is 0. The van der Waals surface area contributed by atoms with Crippen LogP contribution in [0.15, 0.2) is 78.9 Å². The molecule has 1 N–H and O–H groups in total. The van der Waals surface area contributed by atoms with Gasteiger partial charge in [-0.2, -0.15) is 0 Å². The fourth-order valence-electron chi connectivity index (χ4n) is 3.51. The van der Waals surface area contributed by atoms with Crippen molar-refractivity contribution < 1.29 is 14.3 Å². The number of urea groups is 1. The highest BCUT2D eigenvalue weighted by atomic mass is 16.5. The highest BCUT2D eigenvalue weighted by Gasteiger charge is 2.25. The molecule has 0 atom stereocenters. The molecule has 158 valence electrons. The predicted octanol–water partition coefficient (Wildman–Crippen LogP) is 4.78. The van der Waals surface area contributed by atoms with Crippen LogP contribution in [-0.2, 0) is 0 Å². The Balaban J connectivity index is 1.30. The summed E-state index contributed by atoms with van der Waals surface area (Å²) < 4.78 is 5.78. The molecule has 1 saturated heterocycles. The van der Waals surface area contributed by atoms with Gasteiger partial charge in [-0.05, 0) is 61.0 Å². The fourth-order valence-corrected chi connectivity index (χ4v) is 3.51. The first-order chi connectivity index (χ1) is 15.1. The topological polar surface area (TPSA) is 61.9 Å². The van der Waals surface area contributed by atoms with Crippen LogP contribution < -0.4 is 10.1 Å². The van der Waals surface area contributed by atoms with Crippen LogP contribution in [-0.4, -0.2) is 47.9 Å². The van der Waals surface area contributed by atoms with Gasteiger partial charge in [0.2, 0.25) is 0 Å². The molecule has 3 aromatic rings. The van der Waals surface area contributed by atoms with E-state index in [0.29, 0.717) is 37.5 Å². The summed E-state index contributed by atoms with van der Waals surface area (Å²) in [4.78, 5) is 28.9. The Morgan fingerprint density at radius 2 is 1.42 bits per heavy atom. The molecule has 0 aromatic heterocycles. The van der Waals surface area contributed by atoms with Gasteiger partial charge in [0.1, 0.15) is 11.5 Å². The number of nitrogens with zero attached hydrogens (tertiary/aromatic N) is 2. The number of ether oxygens (including phenoxy) is 1. The average Bonchev–Trinajstić information content (AvgIpc) is 2.80. The molecule has 3 amide bonds. The summed E-state index contributed by atoms with van der Waals surface area (Å²) in [5, 5.41) is 2.92. The molecule has 0 unspecified atom stereocenters. The molecule has 0 spiro atoms. The number of anilines is 1. The maximum atomic E-state index is 12.8. The highest BCUT2D eigenvalue weighted by Crippen LogP contribution is 2.22. The standard InChI is InChI=1S/C25H25N3O3/c1-19-6-5-7-21(18-19)26-25(30)28-16-14-27(15-17-28)24(29)20-10-12-23(13-11-20)31-22-8-3-2-4-9-22/h2-13,18H,14-17H2,1H3,(H,26,30). The molecule has 0 aliphatic carbocycles. The maximum absolute atomic E-state index is 12.8. The summed E-state index contributed by atoms with van der Waals surface area (Å²) in [5.74, 6) is 1.40. The van der Waals surface area contributed by atoms with Crippen LogP contribution in [0.1, 0.15) is 15.9 Å². The van der Waals surface area contributed by atoms with Gasteiger partial charge >= 0.3 is 6.03 Å². The van der Waals surface area contributed by atoms with Crippen molar-refractivity contribution in [1.82, 2.24) is 9.80 Å². The lowest BCUT2D eigenvalue weighted by Gasteiger charge is -2.34. The zero-order valence-corrected chi connectivity index (χ0v) is 17.5. The summed E-state index contributed by atoms with van der Waals surface area (Å²) in [5.41, 5.74) is 2.48. The van der Waals surface area contributed by atoms with Gasteiger partial charge in [-0.3, -0.25) is 4.79 Å². The van der Waals surface area contributed by atoms with E-state index in [-0.39, 0.29) is 11.9 Å². The van der Waals surface area contributed by atoms with Gasteiger partial charge in [-0.15, -0.1) is 0 Å². The molecule has 1 heterocycles. The third-order valence-electron chi connectivity index (χ3n) is 5.20. The lowest BCUT2D eigenvalue weighted by Crippen LogP contribution is -2.51. The number of hydrogen-bond donors (Lipinski definition) is 1. The zero-order valence-electron chi connectivity index (χ0n) is 17.5. The number of benzene rings is 3. The summed E-state index contributed by atoms with van der Waals surface area (Å²) in [6, 6.07) is 24.2. The van der Waals surface area contributed by atoms with Crippen LogP contribution in [0.25, 0.3) is 0 Å². The second kappa shape index (κ2) is 9.34. The summed E-state index contributed by atoms with van der Waals surface area (Å²) in [6.45, 7) is 3.99. The van der Waals surface area contributed by atoms with Crippen molar-refractivity contribution in [3.05, 3.63) is 90.0 Å². The van der Waals surface area contributed by atoms with E-state index in [0.717, 1.165) is 17.0 Å². The zero-order chi connectivity index (χ0) is 21.6. The van der Waals surface area contributed by atoms with Gasteiger partial charge in [0.25, 0.3) is 5.91 Å². The Bertz CT molecular complexity index is 1040. The molecule has 0 saturated carbocycles. The number of nitrogens with one attached hydrogen (secondary N) is 1. The van der Waals surface area contributed by atoms with E-state index in [2.05, 4.69) is 5.32 Å². The van der Waals surface area contributed by atoms with Crippen molar-refractivity contribution in [2.75, 3.05) is 31.5 Å². The second-order valence-corrected chi connectivity index (χ2v) is 7.52.